The molecular formula is C20H30NO5S-. The fourth-order valence-electron chi connectivity index (χ4n) is 3.29. The molecule has 1 saturated carbocycles. The molecule has 0 aliphatic heterocycles. The number of nitrogens with one attached hydrogen (secondary N) is 1. The Morgan fingerprint density at radius 3 is 2.30 bits per heavy atom. The lowest BCUT2D eigenvalue weighted by atomic mass is 9.87. The van der Waals surface area contributed by atoms with Gasteiger partial charge in [0.15, 0.2) is 0 Å². The molecule has 6 nitrogen and oxygen atoms in total. The number of carbonyl (C=O) groups excluding carboxylic acids is 1. The molecule has 0 radical (unpaired) electrons. The predicted octanol–water partition coefficient (Wildman–Crippen LogP) is 2.98. The van der Waals surface area contributed by atoms with E-state index in [4.69, 9.17) is 4.74 Å². The van der Waals surface area contributed by atoms with Crippen LogP contribution in [0.3, 0.4) is 0 Å². The van der Waals surface area contributed by atoms with E-state index in [1.807, 2.05) is 12.1 Å². The summed E-state index contributed by atoms with van der Waals surface area (Å²) in [5.41, 5.74) is 1.39. The Hall–Kier alpha value is -1.44. The van der Waals surface area contributed by atoms with Gasteiger partial charge in [0.1, 0.15) is 6.10 Å². The molecule has 27 heavy (non-hydrogen) atoms. The third-order valence-corrected chi connectivity index (χ3v) is 5.67. The van der Waals surface area contributed by atoms with Gasteiger partial charge in [-0.3, -0.25) is 0 Å². The predicted molar refractivity (Wildman–Crippen MR) is 104 cm³/mol. The second-order valence-corrected chi connectivity index (χ2v) is 9.77. The molecule has 0 saturated heterocycles. The Kier molecular flexibility index (Phi) is 7.42. The zero-order valence-corrected chi connectivity index (χ0v) is 17.2. The summed E-state index contributed by atoms with van der Waals surface area (Å²) < 4.78 is 38.9. The molecule has 1 aliphatic rings. The molecule has 0 bridgehead atoms. The van der Waals surface area contributed by atoms with Crippen molar-refractivity contribution in [3.63, 3.8) is 0 Å². The molecule has 1 atom stereocenters. The fourth-order valence-corrected chi connectivity index (χ4v) is 3.93. The smallest absolute Gasteiger partial charge is 0.338 e. The highest BCUT2D eigenvalue weighted by atomic mass is 32.2. The molecule has 1 aromatic rings. The van der Waals surface area contributed by atoms with Crippen molar-refractivity contribution in [3.05, 3.63) is 35.4 Å². The quantitative estimate of drug-likeness (QED) is 0.562. The van der Waals surface area contributed by atoms with Crippen LogP contribution in [0.5, 0.6) is 0 Å². The summed E-state index contributed by atoms with van der Waals surface area (Å²) in [5.74, 6) is -1.34. The zero-order valence-electron chi connectivity index (χ0n) is 16.4. The van der Waals surface area contributed by atoms with E-state index < -0.39 is 27.9 Å². The van der Waals surface area contributed by atoms with Crippen LogP contribution >= 0.6 is 0 Å². The topological polar surface area (TPSA) is 95.5 Å². The second kappa shape index (κ2) is 9.17. The van der Waals surface area contributed by atoms with E-state index in [0.29, 0.717) is 5.56 Å². The molecule has 1 aliphatic carbocycles. The van der Waals surface area contributed by atoms with Crippen molar-refractivity contribution in [2.45, 2.75) is 70.4 Å². The maximum Gasteiger partial charge on any atom is 0.338 e. The Balaban J connectivity index is 2.00. The molecular weight excluding hydrogens is 366 g/mol. The number of hydrogen-bond donors (Lipinski definition) is 1. The molecule has 0 heterocycles. The molecule has 152 valence electrons. The number of benzene rings is 1. The lowest BCUT2D eigenvalue weighted by Crippen LogP contribution is -2.41. The average molecular weight is 397 g/mol. The lowest BCUT2D eigenvalue weighted by Gasteiger charge is -2.26. The van der Waals surface area contributed by atoms with Gasteiger partial charge in [-0.05, 0) is 36.0 Å². The number of esters is 1. The van der Waals surface area contributed by atoms with E-state index in [0.717, 1.165) is 31.2 Å². The molecule has 7 heteroatoms. The van der Waals surface area contributed by atoms with Gasteiger partial charge in [0.2, 0.25) is 0 Å². The van der Waals surface area contributed by atoms with Gasteiger partial charge < -0.3 is 14.6 Å². The maximum atomic E-state index is 12.4. The Bertz CT molecular complexity index is 716. The minimum Gasteiger partial charge on any atom is -0.748 e. The van der Waals surface area contributed by atoms with Gasteiger partial charge in [-0.25, -0.2) is 13.2 Å². The highest BCUT2D eigenvalue weighted by Gasteiger charge is 2.22. The van der Waals surface area contributed by atoms with Crippen molar-refractivity contribution in [2.75, 3.05) is 12.3 Å². The number of carbonyl (C=O) groups is 1. The van der Waals surface area contributed by atoms with Crippen LogP contribution in [0.1, 0.15) is 68.8 Å². The first-order valence-electron chi connectivity index (χ1n) is 9.53. The van der Waals surface area contributed by atoms with Crippen LogP contribution in [0.15, 0.2) is 24.3 Å². The van der Waals surface area contributed by atoms with Crippen molar-refractivity contribution < 1.29 is 22.5 Å². The van der Waals surface area contributed by atoms with E-state index in [2.05, 4.69) is 26.1 Å². The van der Waals surface area contributed by atoms with Gasteiger partial charge >= 0.3 is 5.97 Å². The van der Waals surface area contributed by atoms with Gasteiger partial charge in [0.25, 0.3) is 0 Å². The fraction of sp³-hybridized carbons (Fsp3) is 0.650. The maximum absolute atomic E-state index is 12.4. The molecule has 0 spiro atoms. The number of ether oxygens (including phenoxy) is 1. The summed E-state index contributed by atoms with van der Waals surface area (Å²) in [5, 5.41) is 3.25. The zero-order chi connectivity index (χ0) is 20.1. The molecule has 0 amide bonds. The highest BCUT2D eigenvalue weighted by molar-refractivity contribution is 7.85. The van der Waals surface area contributed by atoms with Gasteiger partial charge in [0, 0.05) is 12.6 Å². The van der Waals surface area contributed by atoms with Gasteiger partial charge in [0.05, 0.1) is 21.4 Å². The van der Waals surface area contributed by atoms with Gasteiger partial charge in [-0.15, -0.1) is 0 Å². The molecule has 1 aromatic carbocycles. The molecule has 0 aromatic heterocycles. The van der Waals surface area contributed by atoms with E-state index in [1.54, 1.807) is 12.1 Å². The van der Waals surface area contributed by atoms with E-state index in [9.17, 15) is 17.8 Å². The minimum atomic E-state index is -4.50. The van der Waals surface area contributed by atoms with Crippen molar-refractivity contribution in [1.82, 2.24) is 5.32 Å². The Labute approximate surface area is 162 Å². The SMILES string of the molecule is CC(C)(C)c1ccc(C(=O)OC(CNC2CCCCC2)CS(=O)(=O)[O-])cc1. The van der Waals surface area contributed by atoms with E-state index in [1.165, 1.54) is 6.42 Å². The first-order valence-corrected chi connectivity index (χ1v) is 11.1. The van der Waals surface area contributed by atoms with Crippen LogP contribution in [0, 0.1) is 0 Å². The summed E-state index contributed by atoms with van der Waals surface area (Å²) in [7, 11) is -4.50. The van der Waals surface area contributed by atoms with Crippen LogP contribution in [0.4, 0.5) is 0 Å². The van der Waals surface area contributed by atoms with Crippen LogP contribution in [-0.2, 0) is 20.3 Å². The van der Waals surface area contributed by atoms with Gasteiger partial charge in [-0.1, -0.05) is 52.2 Å². The monoisotopic (exact) mass is 396 g/mol. The molecule has 2 rings (SSSR count). The molecule has 1 fully saturated rings. The largest absolute Gasteiger partial charge is 0.748 e. The Morgan fingerprint density at radius 1 is 1.19 bits per heavy atom. The number of hydrogen-bond acceptors (Lipinski definition) is 6. The van der Waals surface area contributed by atoms with Crippen LogP contribution in [0.25, 0.3) is 0 Å². The first-order chi connectivity index (χ1) is 12.5. The van der Waals surface area contributed by atoms with E-state index in [-0.39, 0.29) is 18.0 Å². The van der Waals surface area contributed by atoms with Crippen LogP contribution in [0.2, 0.25) is 0 Å². The normalized spacial score (nSPS) is 17.5. The van der Waals surface area contributed by atoms with Crippen molar-refractivity contribution >= 4 is 16.1 Å². The second-order valence-electron chi connectivity index (χ2n) is 8.32. The minimum absolute atomic E-state index is 0.0362. The highest BCUT2D eigenvalue weighted by Crippen LogP contribution is 2.22. The summed E-state index contributed by atoms with van der Waals surface area (Å²) in [4.78, 5) is 12.4. The Morgan fingerprint density at radius 2 is 1.78 bits per heavy atom. The first kappa shape index (κ1) is 21.9. The van der Waals surface area contributed by atoms with Crippen molar-refractivity contribution in [1.29, 1.82) is 0 Å². The average Bonchev–Trinajstić information content (AvgIpc) is 2.58. The molecule has 1 unspecified atom stereocenters. The summed E-state index contributed by atoms with van der Waals surface area (Å²) >= 11 is 0. The third kappa shape index (κ3) is 7.60. The number of rotatable bonds is 7. The lowest BCUT2D eigenvalue weighted by molar-refractivity contribution is 0.0338. The van der Waals surface area contributed by atoms with Crippen LogP contribution in [-0.4, -0.2) is 43.4 Å². The van der Waals surface area contributed by atoms with Crippen LogP contribution < -0.4 is 5.32 Å². The summed E-state index contributed by atoms with van der Waals surface area (Å²) in [6.07, 6.45) is 4.49. The molecule has 1 N–H and O–H groups in total. The van der Waals surface area contributed by atoms with E-state index >= 15 is 0 Å². The van der Waals surface area contributed by atoms with Gasteiger partial charge in [-0.2, -0.15) is 0 Å². The van der Waals surface area contributed by atoms with Crippen molar-refractivity contribution in [3.8, 4) is 0 Å². The summed E-state index contributed by atoms with van der Waals surface area (Å²) in [6.45, 7) is 6.39. The standard InChI is InChI=1S/C20H31NO5S/c1-20(2,3)16-11-9-15(10-12-16)19(22)26-18(14-27(23,24)25)13-21-17-7-5-4-6-8-17/h9-12,17-18,21H,4-8,13-14H2,1-3H3,(H,23,24,25)/p-1. The summed E-state index contributed by atoms with van der Waals surface area (Å²) in [6, 6.07) is 7.33. The van der Waals surface area contributed by atoms with Crippen molar-refractivity contribution in [2.24, 2.45) is 0 Å². The third-order valence-electron chi connectivity index (χ3n) is 4.89.